The number of benzene rings is 2. The second-order valence-corrected chi connectivity index (χ2v) is 9.25. The Morgan fingerprint density at radius 1 is 1.20 bits per heavy atom. The van der Waals surface area contributed by atoms with Crippen molar-refractivity contribution in [2.45, 2.75) is 13.5 Å². The van der Waals surface area contributed by atoms with Crippen molar-refractivity contribution in [2.75, 3.05) is 19.0 Å². The van der Waals surface area contributed by atoms with Crippen molar-refractivity contribution in [3.05, 3.63) is 91.5 Å². The number of nitro groups is 1. The van der Waals surface area contributed by atoms with Gasteiger partial charge in [0.1, 0.15) is 11.5 Å². The number of esters is 1. The number of imide groups is 1. The standard InChI is InChI=1S/C26H21BrN4O9/c1-14-5-3-4-6-18(14)28-22(32)13-39-23-17(27)9-15(11-20(23)31(36)37)10-19-24(33)30(26(35)29-19)12-16-7-8-21(40-16)25(34)38-2/h3-11H,12-13H2,1-2H3,(H,28,32)(H,29,35)/b19-10-. The van der Waals surface area contributed by atoms with Gasteiger partial charge < -0.3 is 24.5 Å². The van der Waals surface area contributed by atoms with E-state index in [0.717, 1.165) is 16.5 Å². The molecule has 1 aromatic heterocycles. The molecule has 1 aliphatic heterocycles. The summed E-state index contributed by atoms with van der Waals surface area (Å²) in [6, 6.07) is 11.7. The van der Waals surface area contributed by atoms with Crippen molar-refractivity contribution in [1.29, 1.82) is 0 Å². The minimum Gasteiger partial charge on any atom is -0.476 e. The van der Waals surface area contributed by atoms with E-state index in [4.69, 9.17) is 9.15 Å². The van der Waals surface area contributed by atoms with E-state index in [1.165, 1.54) is 31.4 Å². The second kappa shape index (κ2) is 11.8. The van der Waals surface area contributed by atoms with Gasteiger partial charge in [0.2, 0.25) is 11.5 Å². The van der Waals surface area contributed by atoms with Gasteiger partial charge in [-0.05, 0) is 64.3 Å². The van der Waals surface area contributed by atoms with Gasteiger partial charge in [-0.1, -0.05) is 18.2 Å². The van der Waals surface area contributed by atoms with Crippen molar-refractivity contribution in [2.24, 2.45) is 0 Å². The number of nitro benzene ring substituents is 1. The van der Waals surface area contributed by atoms with Crippen molar-refractivity contribution >= 4 is 57.2 Å². The Balaban J connectivity index is 1.49. The van der Waals surface area contributed by atoms with E-state index in [2.05, 4.69) is 31.3 Å². The number of anilines is 1. The highest BCUT2D eigenvalue weighted by Gasteiger charge is 2.34. The molecule has 40 heavy (non-hydrogen) atoms. The number of nitrogens with one attached hydrogen (secondary N) is 2. The number of carbonyl (C=O) groups excluding carboxylic acids is 4. The van der Waals surface area contributed by atoms with Crippen LogP contribution in [0.25, 0.3) is 6.08 Å². The monoisotopic (exact) mass is 612 g/mol. The quantitative estimate of drug-likeness (QED) is 0.118. The Morgan fingerprint density at radius 3 is 2.65 bits per heavy atom. The Bertz CT molecular complexity index is 1560. The molecule has 14 heteroatoms. The molecular weight excluding hydrogens is 592 g/mol. The van der Waals surface area contributed by atoms with E-state index < -0.39 is 41.0 Å². The first-order valence-corrected chi connectivity index (χ1v) is 12.3. The largest absolute Gasteiger partial charge is 0.476 e. The van der Waals surface area contributed by atoms with E-state index in [9.17, 15) is 29.3 Å². The molecule has 0 bridgehead atoms. The third-order valence-corrected chi connectivity index (χ3v) is 6.23. The molecule has 2 heterocycles. The third-order valence-electron chi connectivity index (χ3n) is 5.65. The number of ether oxygens (including phenoxy) is 2. The predicted molar refractivity (Wildman–Crippen MR) is 143 cm³/mol. The van der Waals surface area contributed by atoms with Crippen LogP contribution in [0.5, 0.6) is 5.75 Å². The van der Waals surface area contributed by atoms with Crippen LogP contribution in [0.4, 0.5) is 16.2 Å². The highest BCUT2D eigenvalue weighted by atomic mass is 79.9. The van der Waals surface area contributed by atoms with Crippen molar-refractivity contribution in [1.82, 2.24) is 10.2 Å². The normalized spacial score (nSPS) is 13.8. The first-order valence-electron chi connectivity index (χ1n) is 11.5. The van der Waals surface area contributed by atoms with Crippen LogP contribution in [0.1, 0.15) is 27.4 Å². The predicted octanol–water partition coefficient (Wildman–Crippen LogP) is 4.16. The Hall–Kier alpha value is -4.98. The molecule has 0 saturated carbocycles. The number of hydrogen-bond donors (Lipinski definition) is 2. The summed E-state index contributed by atoms with van der Waals surface area (Å²) in [4.78, 5) is 61.2. The number of rotatable bonds is 9. The van der Waals surface area contributed by atoms with Crippen LogP contribution < -0.4 is 15.4 Å². The minimum atomic E-state index is -0.750. The van der Waals surface area contributed by atoms with Gasteiger partial charge in [-0.25, -0.2) is 9.59 Å². The average Bonchev–Trinajstić information content (AvgIpc) is 3.49. The Morgan fingerprint density at radius 2 is 1.95 bits per heavy atom. The molecule has 0 spiro atoms. The molecule has 1 fully saturated rings. The van der Waals surface area contributed by atoms with E-state index in [1.807, 2.05) is 19.1 Å². The van der Waals surface area contributed by atoms with Gasteiger partial charge >= 0.3 is 17.7 Å². The van der Waals surface area contributed by atoms with Crippen LogP contribution in [0.3, 0.4) is 0 Å². The van der Waals surface area contributed by atoms with Gasteiger partial charge in [-0.2, -0.15) is 0 Å². The number of urea groups is 1. The van der Waals surface area contributed by atoms with E-state index in [1.54, 1.807) is 12.1 Å². The summed E-state index contributed by atoms with van der Waals surface area (Å²) in [5.74, 6) is -2.06. The molecule has 1 saturated heterocycles. The van der Waals surface area contributed by atoms with Crippen molar-refractivity contribution in [3.8, 4) is 5.75 Å². The molecular formula is C26H21BrN4O9. The van der Waals surface area contributed by atoms with Gasteiger partial charge in [0.05, 0.1) is 23.1 Å². The number of carbonyl (C=O) groups is 4. The number of furan rings is 1. The fraction of sp³-hybridized carbons (Fsp3) is 0.154. The highest BCUT2D eigenvalue weighted by Crippen LogP contribution is 2.37. The topological polar surface area (TPSA) is 170 Å². The van der Waals surface area contributed by atoms with Crippen LogP contribution in [-0.2, 0) is 20.9 Å². The van der Waals surface area contributed by atoms with Crippen molar-refractivity contribution < 1.29 is 38.0 Å². The smallest absolute Gasteiger partial charge is 0.373 e. The maximum atomic E-state index is 12.9. The van der Waals surface area contributed by atoms with Gasteiger partial charge in [-0.15, -0.1) is 0 Å². The molecule has 0 atom stereocenters. The number of hydrogen-bond acceptors (Lipinski definition) is 9. The van der Waals surface area contributed by atoms with Gasteiger partial charge in [0.15, 0.2) is 6.61 Å². The summed E-state index contributed by atoms with van der Waals surface area (Å²) in [6.45, 7) is 1.06. The number of para-hydroxylation sites is 1. The summed E-state index contributed by atoms with van der Waals surface area (Å²) >= 11 is 3.22. The van der Waals surface area contributed by atoms with E-state index in [0.29, 0.717) is 5.69 Å². The van der Waals surface area contributed by atoms with Crippen LogP contribution in [0.15, 0.2) is 63.1 Å². The number of amides is 4. The number of aryl methyl sites for hydroxylation is 1. The van der Waals surface area contributed by atoms with Crippen LogP contribution in [-0.4, -0.2) is 47.4 Å². The lowest BCUT2D eigenvalue weighted by atomic mass is 10.1. The molecule has 2 N–H and O–H groups in total. The van der Waals surface area contributed by atoms with Gasteiger partial charge in [0, 0.05) is 11.8 Å². The lowest BCUT2D eigenvalue weighted by Gasteiger charge is -2.11. The zero-order valence-electron chi connectivity index (χ0n) is 21.1. The first kappa shape index (κ1) is 28.0. The number of nitrogens with zero attached hydrogens (tertiary/aromatic N) is 2. The lowest BCUT2D eigenvalue weighted by molar-refractivity contribution is -0.385. The van der Waals surface area contributed by atoms with Crippen LogP contribution in [0, 0.1) is 17.0 Å². The highest BCUT2D eigenvalue weighted by molar-refractivity contribution is 9.10. The minimum absolute atomic E-state index is 0.0903. The van der Waals surface area contributed by atoms with Crippen molar-refractivity contribution in [3.63, 3.8) is 0 Å². The SMILES string of the molecule is COC(=O)c1ccc(CN2C(=O)N/C(=C\c3cc(Br)c(OCC(=O)Nc4ccccc4C)c([N+](=O)[O-])c3)C2=O)o1. The molecule has 2 aromatic carbocycles. The zero-order valence-corrected chi connectivity index (χ0v) is 22.6. The number of halogens is 1. The average molecular weight is 613 g/mol. The Kier molecular flexibility index (Phi) is 8.29. The maximum absolute atomic E-state index is 12.9. The molecule has 0 radical (unpaired) electrons. The molecule has 0 aliphatic carbocycles. The summed E-state index contributed by atoms with van der Waals surface area (Å²) in [5.41, 5.74) is 1.01. The molecule has 4 amide bonds. The van der Waals surface area contributed by atoms with Crippen LogP contribution >= 0.6 is 15.9 Å². The fourth-order valence-electron chi connectivity index (χ4n) is 3.71. The molecule has 13 nitrogen and oxygen atoms in total. The second-order valence-electron chi connectivity index (χ2n) is 8.40. The lowest BCUT2D eigenvalue weighted by Crippen LogP contribution is -2.30. The van der Waals surface area contributed by atoms with Gasteiger partial charge in [-0.3, -0.25) is 24.6 Å². The summed E-state index contributed by atoms with van der Waals surface area (Å²) in [6.07, 6.45) is 1.26. The van der Waals surface area contributed by atoms with E-state index in [-0.39, 0.29) is 39.5 Å². The zero-order chi connectivity index (χ0) is 29.0. The van der Waals surface area contributed by atoms with E-state index >= 15 is 0 Å². The third kappa shape index (κ3) is 6.18. The summed E-state index contributed by atoms with van der Waals surface area (Å²) in [7, 11) is 1.18. The fourth-order valence-corrected chi connectivity index (χ4v) is 4.29. The molecule has 1 aliphatic rings. The van der Waals surface area contributed by atoms with Crippen LogP contribution in [0.2, 0.25) is 0 Å². The molecule has 3 aromatic rings. The molecule has 206 valence electrons. The summed E-state index contributed by atoms with van der Waals surface area (Å²) in [5, 5.41) is 16.9. The molecule has 4 rings (SSSR count). The summed E-state index contributed by atoms with van der Waals surface area (Å²) < 4.78 is 15.5. The van der Waals surface area contributed by atoms with Gasteiger partial charge in [0.25, 0.3) is 11.8 Å². The molecule has 0 unspecified atom stereocenters. The number of methoxy groups -OCH3 is 1. The Labute approximate surface area is 235 Å². The first-order chi connectivity index (χ1) is 19.1. The maximum Gasteiger partial charge on any atom is 0.373 e.